The van der Waals surface area contributed by atoms with Crippen molar-refractivity contribution >= 4 is 53.5 Å². The average molecular weight is 1240 g/mol. The van der Waals surface area contributed by atoms with E-state index in [0.29, 0.717) is 54.9 Å². The first-order valence-corrected chi connectivity index (χ1v) is 29.0. The van der Waals surface area contributed by atoms with Gasteiger partial charge in [-0.2, -0.15) is 19.2 Å². The van der Waals surface area contributed by atoms with Crippen LogP contribution in [0.3, 0.4) is 0 Å². The molecule has 25 heteroatoms. The molecule has 2 aromatic carbocycles. The molecule has 25 nitrogen and oxygen atoms in total. The van der Waals surface area contributed by atoms with Crippen molar-refractivity contribution in [2.24, 2.45) is 10.8 Å². The molecule has 6 N–H and O–H groups in total. The summed E-state index contributed by atoms with van der Waals surface area (Å²) in [6, 6.07) is 10.9. The number of Topliss-reactive ketones (excluding diaryl/α,β-unsaturated/α-hetero) is 2. The first-order chi connectivity index (χ1) is 41.6. The zero-order chi connectivity index (χ0) is 65.7. The Balaban J connectivity index is 0.000000424. The zero-order valence-corrected chi connectivity index (χ0v) is 50.8. The van der Waals surface area contributed by atoms with E-state index in [0.717, 1.165) is 91.7 Å². The van der Waals surface area contributed by atoms with Crippen molar-refractivity contribution in [2.45, 2.75) is 194 Å². The Bertz CT molecular complexity index is 2750. The van der Waals surface area contributed by atoms with Gasteiger partial charge < -0.3 is 64.0 Å². The lowest BCUT2D eigenvalue weighted by Crippen LogP contribution is -2.54. The maximum Gasteiger partial charge on any atom is 0.373 e. The molecule has 6 rings (SSSR count). The summed E-state index contributed by atoms with van der Waals surface area (Å²) in [5.74, 6) is -0.988. The van der Waals surface area contributed by atoms with E-state index in [2.05, 4.69) is 6.58 Å². The molecular weight excluding hydrogens is 1150 g/mol. The van der Waals surface area contributed by atoms with Crippen molar-refractivity contribution in [1.29, 1.82) is 0 Å². The van der Waals surface area contributed by atoms with Gasteiger partial charge in [-0.3, -0.25) is 38.5 Å². The summed E-state index contributed by atoms with van der Waals surface area (Å²) in [4.78, 5) is 119. The number of nitrogens with zero attached hydrogens (tertiary/aromatic N) is 2. The highest BCUT2D eigenvalue weighted by molar-refractivity contribution is 6.14. The number of amides is 3. The molecule has 0 radical (unpaired) electrons. The Hall–Kier alpha value is -7.41. The van der Waals surface area contributed by atoms with Gasteiger partial charge in [-0.1, -0.05) is 50.1 Å². The smallest absolute Gasteiger partial charge is 0.373 e. The molecule has 4 aliphatic rings. The molecular formula is C63H84N2O23. The molecule has 0 aliphatic carbocycles. The molecule has 2 fully saturated rings. The van der Waals surface area contributed by atoms with Gasteiger partial charge in [-0.05, 0) is 122 Å². The van der Waals surface area contributed by atoms with Crippen LogP contribution in [0.4, 0.5) is 0 Å². The number of aliphatic hydroxyl groups is 6. The van der Waals surface area contributed by atoms with Crippen LogP contribution < -0.4 is 9.47 Å². The van der Waals surface area contributed by atoms with Crippen LogP contribution in [0.1, 0.15) is 141 Å². The van der Waals surface area contributed by atoms with E-state index in [1.54, 1.807) is 76.8 Å². The molecule has 0 aromatic heterocycles. The summed E-state index contributed by atoms with van der Waals surface area (Å²) in [5.41, 5.74) is 2.34. The molecule has 0 spiro atoms. The predicted octanol–water partition coefficient (Wildman–Crippen LogP) is 3.76. The van der Waals surface area contributed by atoms with E-state index in [9.17, 15) is 64.2 Å². The van der Waals surface area contributed by atoms with Crippen LogP contribution in [-0.2, 0) is 97.7 Å². The fraction of sp³-hybridized carbons (Fsp3) is 0.571. The summed E-state index contributed by atoms with van der Waals surface area (Å²) in [6.07, 6.45) is 5.31. The highest BCUT2D eigenvalue weighted by Gasteiger charge is 2.41. The molecule has 484 valence electrons. The van der Waals surface area contributed by atoms with Crippen molar-refractivity contribution < 1.29 is 112 Å². The third kappa shape index (κ3) is 25.4. The van der Waals surface area contributed by atoms with Crippen LogP contribution in [-0.4, -0.2) is 169 Å². The highest BCUT2D eigenvalue weighted by atomic mass is 16.7. The van der Waals surface area contributed by atoms with Crippen LogP contribution >= 0.6 is 0 Å². The second kappa shape index (κ2) is 37.4. The number of aliphatic hydroxyl groups excluding tert-OH is 6. The lowest BCUT2D eigenvalue weighted by Gasteiger charge is -2.35. The Morgan fingerprint density at radius 2 is 0.909 bits per heavy atom. The first kappa shape index (κ1) is 74.8. The zero-order valence-electron chi connectivity index (χ0n) is 50.8. The van der Waals surface area contributed by atoms with Gasteiger partial charge in [0, 0.05) is 60.9 Å². The lowest BCUT2D eigenvalue weighted by molar-refractivity contribution is -0.242. The second-order valence-electron chi connectivity index (χ2n) is 23.4. The summed E-state index contributed by atoms with van der Waals surface area (Å²) in [7, 11) is 0. The number of aryl methyl sites for hydroxylation is 2. The van der Waals surface area contributed by atoms with Gasteiger partial charge in [-0.15, -0.1) is 0 Å². The van der Waals surface area contributed by atoms with E-state index in [4.69, 9.17) is 47.6 Å². The van der Waals surface area contributed by atoms with Crippen molar-refractivity contribution in [1.82, 2.24) is 9.80 Å². The van der Waals surface area contributed by atoms with Gasteiger partial charge in [0.1, 0.15) is 67.1 Å². The van der Waals surface area contributed by atoms with Crippen molar-refractivity contribution in [3.63, 3.8) is 0 Å². The van der Waals surface area contributed by atoms with Crippen LogP contribution in [0.2, 0.25) is 0 Å². The summed E-state index contributed by atoms with van der Waals surface area (Å²) < 4.78 is 33.5. The number of benzene rings is 2. The van der Waals surface area contributed by atoms with Crippen molar-refractivity contribution in [3.8, 4) is 11.5 Å². The SMILES string of the molecule is C=C1C=CC(=O)N1CCCCCC(=O)CCCCCc1ccc(COC(=O)C(C)(C)C)c(O[C@H]2OC[C@H](O)[C@@H](O)[C@@H]2O)c1.CC(C)(C)C(=O)OCc1ccc(CCCCCC(=O)CN2C(=O)C=CC2=O)cc1O[C@@H]1OC[C@@H](O)[C@H](O)[C@H]1O.O=C=O.O=C=O. The van der Waals surface area contributed by atoms with Crippen LogP contribution in [0.15, 0.2) is 73.0 Å². The minimum atomic E-state index is -1.48. The van der Waals surface area contributed by atoms with Gasteiger partial charge in [0.15, 0.2) is 5.78 Å². The van der Waals surface area contributed by atoms with E-state index < -0.39 is 77.8 Å². The van der Waals surface area contributed by atoms with Crippen molar-refractivity contribution in [2.75, 3.05) is 26.3 Å². The van der Waals surface area contributed by atoms with Gasteiger partial charge >= 0.3 is 24.2 Å². The number of imide groups is 1. The molecule has 3 amide bonds. The molecule has 88 heavy (non-hydrogen) atoms. The monoisotopic (exact) mass is 1240 g/mol. The molecule has 8 atom stereocenters. The fourth-order valence-electron chi connectivity index (χ4n) is 8.84. The number of hydrogen-bond acceptors (Lipinski definition) is 23. The van der Waals surface area contributed by atoms with E-state index in [-0.39, 0.29) is 75.1 Å². The molecule has 4 heterocycles. The Morgan fingerprint density at radius 1 is 0.534 bits per heavy atom. The van der Waals surface area contributed by atoms with E-state index >= 15 is 0 Å². The van der Waals surface area contributed by atoms with Crippen LogP contribution in [0, 0.1) is 10.8 Å². The number of hydrogen-bond donors (Lipinski definition) is 6. The molecule has 0 unspecified atom stereocenters. The second-order valence-corrected chi connectivity index (χ2v) is 23.4. The standard InChI is InChI=1S/C33H47NO9.C28H37NO10.2CO2/c1-22-14-17-28(37)34(22)18-10-6-9-13-25(35)12-8-5-7-11-23-15-16-24(20-42-32(40)33(2,3)4)27(19-23)43-31-30(39)29(38)26(36)21-41-31;1-28(2,3)27(36)38-15-18-10-9-17(13-21(18)39-26-25(35)24(34)20(31)16-37-26)7-5-4-6-8-19(30)14-29-22(32)11-12-23(29)33;2*2-1-3/h14-17,19,26,29-31,36,38-39H,1,5-13,18,20-21H2,2-4H3;9-13,20,24-26,31,34-35H,4-8,14-16H2,1-3H3;;/t26-,29+,30-,31+;20-,24+,25-,26+;;/m01../s1. The molecule has 0 bridgehead atoms. The van der Waals surface area contributed by atoms with Crippen molar-refractivity contribution in [3.05, 3.63) is 95.2 Å². The molecule has 0 saturated carbocycles. The number of carbonyl (C=O) groups is 7. The number of carbonyl (C=O) groups excluding carboxylic acids is 11. The number of esters is 2. The van der Waals surface area contributed by atoms with Crippen LogP contribution in [0.25, 0.3) is 0 Å². The van der Waals surface area contributed by atoms with Crippen LogP contribution in [0.5, 0.6) is 11.5 Å². The van der Waals surface area contributed by atoms with Gasteiger partial charge in [-0.25, -0.2) is 0 Å². The molecule has 4 aliphatic heterocycles. The van der Waals surface area contributed by atoms with E-state index in [1.165, 1.54) is 6.08 Å². The summed E-state index contributed by atoms with van der Waals surface area (Å²) in [5, 5.41) is 60.2. The fourth-order valence-corrected chi connectivity index (χ4v) is 8.84. The third-order valence-corrected chi connectivity index (χ3v) is 14.0. The van der Waals surface area contributed by atoms with E-state index in [1.807, 2.05) is 12.1 Å². The molecule has 2 saturated heterocycles. The highest BCUT2D eigenvalue weighted by Crippen LogP contribution is 2.31. The number of unbranched alkanes of at least 4 members (excludes halogenated alkanes) is 6. The normalized spacial score (nSPS) is 21.4. The summed E-state index contributed by atoms with van der Waals surface area (Å²) >= 11 is 0. The number of rotatable bonds is 28. The third-order valence-electron chi connectivity index (χ3n) is 14.0. The number of ketones is 2. The average Bonchev–Trinajstić information content (AvgIpc) is 1.71. The Morgan fingerprint density at radius 3 is 1.30 bits per heavy atom. The first-order valence-electron chi connectivity index (χ1n) is 29.0. The van der Waals surface area contributed by atoms with Gasteiger partial charge in [0.05, 0.1) is 30.6 Å². The quantitative estimate of drug-likeness (QED) is 0.0401. The Labute approximate surface area is 511 Å². The maximum atomic E-state index is 12.3. The molecule has 2 aromatic rings. The predicted molar refractivity (Wildman–Crippen MR) is 307 cm³/mol. The Kier molecular flexibility index (Phi) is 31.8. The topological polar surface area (TPSA) is 371 Å². The van der Waals surface area contributed by atoms with Gasteiger partial charge in [0.2, 0.25) is 12.6 Å². The number of ether oxygens (including phenoxy) is 6. The number of allylic oxidation sites excluding steroid dienone is 1. The largest absolute Gasteiger partial charge is 0.462 e. The summed E-state index contributed by atoms with van der Waals surface area (Å²) in [6.45, 7) is 14.3. The van der Waals surface area contributed by atoms with Gasteiger partial charge in [0.25, 0.3) is 17.7 Å². The minimum absolute atomic E-state index is 0.0278. The maximum absolute atomic E-state index is 12.3. The minimum Gasteiger partial charge on any atom is -0.462 e. The lowest BCUT2D eigenvalue weighted by atomic mass is 9.97.